The summed E-state index contributed by atoms with van der Waals surface area (Å²) < 4.78 is 5.66. The highest BCUT2D eigenvalue weighted by molar-refractivity contribution is 5.34. The summed E-state index contributed by atoms with van der Waals surface area (Å²) in [5, 5.41) is 0. The molecule has 0 saturated heterocycles. The summed E-state index contributed by atoms with van der Waals surface area (Å²) in [6.07, 6.45) is 0. The monoisotopic (exact) mass is 197 g/mol. The van der Waals surface area contributed by atoms with Crippen molar-refractivity contribution >= 4 is 5.88 Å². The lowest BCUT2D eigenvalue weighted by molar-refractivity contribution is 0.266. The van der Waals surface area contributed by atoms with Crippen LogP contribution in [-0.2, 0) is 0 Å². The second-order valence-electron chi connectivity index (χ2n) is 3.79. The van der Waals surface area contributed by atoms with Crippen LogP contribution in [-0.4, -0.2) is 39.6 Å². The van der Waals surface area contributed by atoms with Gasteiger partial charge in [0.1, 0.15) is 5.76 Å². The molecule has 0 amide bonds. The second-order valence-corrected chi connectivity index (χ2v) is 3.79. The molecule has 4 heteroatoms. The van der Waals surface area contributed by atoms with E-state index in [-0.39, 0.29) is 6.04 Å². The average Bonchev–Trinajstić information content (AvgIpc) is 2.53. The van der Waals surface area contributed by atoms with Crippen LogP contribution in [0, 0.1) is 0 Å². The Labute approximate surface area is 85.3 Å². The maximum absolute atomic E-state index is 5.68. The molecule has 0 spiro atoms. The van der Waals surface area contributed by atoms with Gasteiger partial charge in [0.25, 0.3) is 0 Å². The van der Waals surface area contributed by atoms with Crippen molar-refractivity contribution in [2.24, 2.45) is 5.73 Å². The zero-order valence-electron chi connectivity index (χ0n) is 9.32. The molecule has 1 aromatic rings. The number of nitrogens with zero attached hydrogens (tertiary/aromatic N) is 2. The van der Waals surface area contributed by atoms with Crippen molar-refractivity contribution < 1.29 is 4.42 Å². The summed E-state index contributed by atoms with van der Waals surface area (Å²) >= 11 is 0. The standard InChI is InChI=1S/C10H19N3O/c1-12(2)8(7-11)9-5-6-10(14-9)13(3)4/h5-6,8H,7,11H2,1-4H3/t8-/m1/s1. The topological polar surface area (TPSA) is 45.6 Å². The van der Waals surface area contributed by atoms with Gasteiger partial charge in [-0.3, -0.25) is 4.90 Å². The molecule has 14 heavy (non-hydrogen) atoms. The lowest BCUT2D eigenvalue weighted by Crippen LogP contribution is -2.26. The number of anilines is 1. The van der Waals surface area contributed by atoms with E-state index in [0.29, 0.717) is 6.54 Å². The van der Waals surface area contributed by atoms with Crippen molar-refractivity contribution in [2.45, 2.75) is 6.04 Å². The Morgan fingerprint density at radius 2 is 1.93 bits per heavy atom. The van der Waals surface area contributed by atoms with Crippen molar-refractivity contribution in [2.75, 3.05) is 39.6 Å². The van der Waals surface area contributed by atoms with Crippen molar-refractivity contribution in [3.8, 4) is 0 Å². The highest BCUT2D eigenvalue weighted by Gasteiger charge is 2.16. The molecule has 1 atom stereocenters. The Balaban J connectivity index is 2.84. The second kappa shape index (κ2) is 4.48. The summed E-state index contributed by atoms with van der Waals surface area (Å²) in [6.45, 7) is 0.563. The van der Waals surface area contributed by atoms with Gasteiger partial charge < -0.3 is 15.1 Å². The van der Waals surface area contributed by atoms with Crippen LogP contribution in [0.5, 0.6) is 0 Å². The number of likely N-dealkylation sites (N-methyl/N-ethyl adjacent to an activating group) is 1. The van der Waals surface area contributed by atoms with Gasteiger partial charge in [-0.1, -0.05) is 0 Å². The molecule has 2 N–H and O–H groups in total. The predicted octanol–water partition coefficient (Wildman–Crippen LogP) is 0.907. The minimum Gasteiger partial charge on any atom is -0.444 e. The van der Waals surface area contributed by atoms with Crippen LogP contribution in [0.3, 0.4) is 0 Å². The normalized spacial score (nSPS) is 13.3. The number of rotatable bonds is 4. The van der Waals surface area contributed by atoms with E-state index >= 15 is 0 Å². The molecule has 0 aliphatic heterocycles. The Kier molecular flexibility index (Phi) is 3.55. The third kappa shape index (κ3) is 2.27. The van der Waals surface area contributed by atoms with Gasteiger partial charge in [-0.05, 0) is 20.2 Å². The van der Waals surface area contributed by atoms with Crippen LogP contribution >= 0.6 is 0 Å². The van der Waals surface area contributed by atoms with Gasteiger partial charge in [0, 0.05) is 26.7 Å². The van der Waals surface area contributed by atoms with E-state index in [4.69, 9.17) is 10.2 Å². The maximum Gasteiger partial charge on any atom is 0.195 e. The molecular weight excluding hydrogens is 178 g/mol. The Hall–Kier alpha value is -1.00. The van der Waals surface area contributed by atoms with Crippen LogP contribution in [0.2, 0.25) is 0 Å². The molecule has 0 bridgehead atoms. The molecule has 1 rings (SSSR count). The van der Waals surface area contributed by atoms with E-state index in [2.05, 4.69) is 4.90 Å². The molecule has 4 nitrogen and oxygen atoms in total. The zero-order chi connectivity index (χ0) is 10.7. The van der Waals surface area contributed by atoms with Gasteiger partial charge in [-0.25, -0.2) is 0 Å². The van der Waals surface area contributed by atoms with E-state index in [1.807, 2.05) is 45.2 Å². The quantitative estimate of drug-likeness (QED) is 0.779. The van der Waals surface area contributed by atoms with Gasteiger partial charge in [0.05, 0.1) is 6.04 Å². The van der Waals surface area contributed by atoms with Crippen molar-refractivity contribution in [3.63, 3.8) is 0 Å². The Bertz CT molecular complexity index is 281. The summed E-state index contributed by atoms with van der Waals surface area (Å²) in [5.74, 6) is 1.78. The maximum atomic E-state index is 5.68. The molecule has 1 aromatic heterocycles. The summed E-state index contributed by atoms with van der Waals surface area (Å²) in [7, 11) is 7.90. The molecular formula is C10H19N3O. The third-order valence-electron chi connectivity index (χ3n) is 2.23. The van der Waals surface area contributed by atoms with E-state index in [1.165, 1.54) is 0 Å². The minimum absolute atomic E-state index is 0.156. The fraction of sp³-hybridized carbons (Fsp3) is 0.600. The van der Waals surface area contributed by atoms with Crippen LogP contribution in [0.15, 0.2) is 16.5 Å². The highest BCUT2D eigenvalue weighted by atomic mass is 16.4. The summed E-state index contributed by atoms with van der Waals surface area (Å²) in [4.78, 5) is 3.99. The highest BCUT2D eigenvalue weighted by Crippen LogP contribution is 2.23. The molecule has 1 heterocycles. The van der Waals surface area contributed by atoms with Crippen molar-refractivity contribution in [1.29, 1.82) is 0 Å². The number of hydrogen-bond donors (Lipinski definition) is 1. The molecule has 0 aliphatic rings. The van der Waals surface area contributed by atoms with E-state index in [1.54, 1.807) is 0 Å². The smallest absolute Gasteiger partial charge is 0.195 e. The first-order valence-electron chi connectivity index (χ1n) is 4.69. The van der Waals surface area contributed by atoms with E-state index in [9.17, 15) is 0 Å². The van der Waals surface area contributed by atoms with E-state index < -0.39 is 0 Å². The third-order valence-corrected chi connectivity index (χ3v) is 2.23. The molecule has 0 fully saturated rings. The van der Waals surface area contributed by atoms with Crippen molar-refractivity contribution in [3.05, 3.63) is 17.9 Å². The average molecular weight is 197 g/mol. The predicted molar refractivity (Wildman–Crippen MR) is 58.5 cm³/mol. The number of furan rings is 1. The molecule has 0 saturated carbocycles. The fourth-order valence-electron chi connectivity index (χ4n) is 1.34. The van der Waals surface area contributed by atoms with Gasteiger partial charge >= 0.3 is 0 Å². The SMILES string of the molecule is CN(C)c1ccc([C@@H](CN)N(C)C)o1. The molecule has 80 valence electrons. The first kappa shape index (κ1) is 11.1. The van der Waals surface area contributed by atoms with Gasteiger partial charge in [0.2, 0.25) is 0 Å². The molecule has 0 unspecified atom stereocenters. The number of hydrogen-bond acceptors (Lipinski definition) is 4. The summed E-state index contributed by atoms with van der Waals surface area (Å²) in [6, 6.07) is 4.10. The van der Waals surface area contributed by atoms with Gasteiger partial charge in [0.15, 0.2) is 5.88 Å². The van der Waals surface area contributed by atoms with Gasteiger partial charge in [-0.2, -0.15) is 0 Å². The lowest BCUT2D eigenvalue weighted by Gasteiger charge is -2.20. The van der Waals surface area contributed by atoms with Crippen LogP contribution in [0.4, 0.5) is 5.88 Å². The number of nitrogens with two attached hydrogens (primary N) is 1. The van der Waals surface area contributed by atoms with Crippen LogP contribution < -0.4 is 10.6 Å². The zero-order valence-corrected chi connectivity index (χ0v) is 9.32. The summed E-state index contributed by atoms with van der Waals surface area (Å²) in [5.41, 5.74) is 5.68. The minimum atomic E-state index is 0.156. The van der Waals surface area contributed by atoms with Crippen molar-refractivity contribution in [1.82, 2.24) is 4.90 Å². The Morgan fingerprint density at radius 3 is 2.29 bits per heavy atom. The molecule has 0 aromatic carbocycles. The van der Waals surface area contributed by atoms with Crippen LogP contribution in [0.1, 0.15) is 11.8 Å². The molecule has 0 aliphatic carbocycles. The Morgan fingerprint density at radius 1 is 1.29 bits per heavy atom. The molecule has 0 radical (unpaired) electrons. The fourth-order valence-corrected chi connectivity index (χ4v) is 1.34. The first-order valence-corrected chi connectivity index (χ1v) is 4.69. The largest absolute Gasteiger partial charge is 0.444 e. The van der Waals surface area contributed by atoms with Gasteiger partial charge in [-0.15, -0.1) is 0 Å². The van der Waals surface area contributed by atoms with E-state index in [0.717, 1.165) is 11.6 Å². The lowest BCUT2D eigenvalue weighted by atomic mass is 10.2. The van der Waals surface area contributed by atoms with Crippen LogP contribution in [0.25, 0.3) is 0 Å². The first-order chi connectivity index (χ1) is 6.56.